The molecule has 0 heterocycles. The van der Waals surface area contributed by atoms with E-state index in [4.69, 9.17) is 9.84 Å². The molecule has 0 radical (unpaired) electrons. The van der Waals surface area contributed by atoms with Gasteiger partial charge in [-0.15, -0.1) is 0 Å². The molecule has 0 atom stereocenters. The van der Waals surface area contributed by atoms with Gasteiger partial charge in [0.2, 0.25) is 0 Å². The molecule has 0 unspecified atom stereocenters. The third-order valence-electron chi connectivity index (χ3n) is 1.59. The molecule has 0 amide bonds. The van der Waals surface area contributed by atoms with Crippen LogP contribution in [-0.4, -0.2) is 22.6 Å². The Hall–Kier alpha value is -1.32. The molecule has 4 nitrogen and oxygen atoms in total. The summed E-state index contributed by atoms with van der Waals surface area (Å²) in [6.45, 7) is 5.41. The maximum absolute atomic E-state index is 10.9. The first-order valence-corrected chi connectivity index (χ1v) is 4.01. The minimum absolute atomic E-state index is 0.542. The van der Waals surface area contributed by atoms with E-state index < -0.39 is 17.5 Å². The van der Waals surface area contributed by atoms with Crippen molar-refractivity contribution < 1.29 is 19.4 Å². The molecular formula is C9H14O4. The van der Waals surface area contributed by atoms with E-state index in [0.29, 0.717) is 6.42 Å². The molecule has 0 aliphatic carbocycles. The van der Waals surface area contributed by atoms with Gasteiger partial charge in [-0.2, -0.15) is 0 Å². The number of hydrogen-bond acceptors (Lipinski definition) is 3. The van der Waals surface area contributed by atoms with Crippen LogP contribution in [0.3, 0.4) is 0 Å². The second kappa shape index (κ2) is 4.64. The molecule has 1 N–H and O–H groups in total. The first kappa shape index (κ1) is 11.7. The van der Waals surface area contributed by atoms with Gasteiger partial charge in [0, 0.05) is 12.2 Å². The van der Waals surface area contributed by atoms with Crippen LogP contribution in [-0.2, 0) is 14.3 Å². The molecule has 0 aliphatic heterocycles. The van der Waals surface area contributed by atoms with Gasteiger partial charge in [-0.3, -0.25) is 0 Å². The highest BCUT2D eigenvalue weighted by Gasteiger charge is 2.18. The summed E-state index contributed by atoms with van der Waals surface area (Å²) in [7, 11) is 0. The van der Waals surface area contributed by atoms with E-state index in [1.807, 2.05) is 6.92 Å². The standard InChI is InChI=1S/C9H14O4/c1-4-9(2,3)13-8(12)6-5-7(10)11/h5-6H,4H2,1-3H3,(H,10,11)/b6-5+. The Balaban J connectivity index is 4.09. The Morgan fingerprint density at radius 1 is 1.38 bits per heavy atom. The minimum Gasteiger partial charge on any atom is -0.478 e. The number of carbonyl (C=O) groups excluding carboxylic acids is 1. The van der Waals surface area contributed by atoms with Gasteiger partial charge in [0.05, 0.1) is 0 Å². The van der Waals surface area contributed by atoms with E-state index in [1.54, 1.807) is 13.8 Å². The van der Waals surface area contributed by atoms with Crippen molar-refractivity contribution in [2.45, 2.75) is 32.8 Å². The minimum atomic E-state index is -1.16. The zero-order valence-electron chi connectivity index (χ0n) is 8.03. The summed E-state index contributed by atoms with van der Waals surface area (Å²) in [6.07, 6.45) is 2.34. The van der Waals surface area contributed by atoms with E-state index in [1.165, 1.54) is 0 Å². The molecule has 13 heavy (non-hydrogen) atoms. The van der Waals surface area contributed by atoms with Crippen molar-refractivity contribution in [3.05, 3.63) is 12.2 Å². The summed E-state index contributed by atoms with van der Waals surface area (Å²) in [5, 5.41) is 8.22. The van der Waals surface area contributed by atoms with Crippen LogP contribution in [0.2, 0.25) is 0 Å². The van der Waals surface area contributed by atoms with Gasteiger partial charge in [0.25, 0.3) is 0 Å². The highest BCUT2D eigenvalue weighted by Crippen LogP contribution is 2.13. The summed E-state index contributed by atoms with van der Waals surface area (Å²) >= 11 is 0. The van der Waals surface area contributed by atoms with Gasteiger partial charge >= 0.3 is 11.9 Å². The largest absolute Gasteiger partial charge is 0.478 e. The average molecular weight is 186 g/mol. The molecule has 0 aromatic carbocycles. The fraction of sp³-hybridized carbons (Fsp3) is 0.556. The third kappa shape index (κ3) is 5.90. The first-order valence-electron chi connectivity index (χ1n) is 4.01. The van der Waals surface area contributed by atoms with Crippen LogP contribution >= 0.6 is 0 Å². The van der Waals surface area contributed by atoms with Gasteiger partial charge in [-0.05, 0) is 20.3 Å². The molecule has 4 heteroatoms. The van der Waals surface area contributed by atoms with Crippen molar-refractivity contribution in [2.24, 2.45) is 0 Å². The SMILES string of the molecule is CCC(C)(C)OC(=O)/C=C/C(=O)O. The summed E-state index contributed by atoms with van der Waals surface area (Å²) < 4.78 is 4.95. The van der Waals surface area contributed by atoms with Crippen LogP contribution in [0.5, 0.6) is 0 Å². The lowest BCUT2D eigenvalue weighted by Crippen LogP contribution is -2.26. The normalized spacial score (nSPS) is 11.6. The van der Waals surface area contributed by atoms with Crippen LogP contribution < -0.4 is 0 Å². The first-order chi connectivity index (χ1) is 5.87. The summed E-state index contributed by atoms with van der Waals surface area (Å²) in [5.41, 5.74) is -0.542. The van der Waals surface area contributed by atoms with Crippen LogP contribution in [0.1, 0.15) is 27.2 Å². The van der Waals surface area contributed by atoms with Crippen molar-refractivity contribution in [2.75, 3.05) is 0 Å². The van der Waals surface area contributed by atoms with E-state index in [9.17, 15) is 9.59 Å². The van der Waals surface area contributed by atoms with Crippen molar-refractivity contribution in [1.82, 2.24) is 0 Å². The topological polar surface area (TPSA) is 63.6 Å². The zero-order chi connectivity index (χ0) is 10.5. The number of carboxylic acid groups (broad SMARTS) is 1. The average Bonchev–Trinajstić information content (AvgIpc) is 2.00. The summed E-state index contributed by atoms with van der Waals surface area (Å²) in [5.74, 6) is -1.79. The van der Waals surface area contributed by atoms with Gasteiger partial charge in [0.1, 0.15) is 5.60 Å². The maximum Gasteiger partial charge on any atom is 0.331 e. The zero-order valence-corrected chi connectivity index (χ0v) is 8.03. The highest BCUT2D eigenvalue weighted by atomic mass is 16.6. The van der Waals surface area contributed by atoms with Gasteiger partial charge in [-0.25, -0.2) is 9.59 Å². The second-order valence-electron chi connectivity index (χ2n) is 3.21. The summed E-state index contributed by atoms with van der Waals surface area (Å²) in [4.78, 5) is 21.0. The number of esters is 1. The Kier molecular flexibility index (Phi) is 4.17. The monoisotopic (exact) mass is 186 g/mol. The molecular weight excluding hydrogens is 172 g/mol. The Labute approximate surface area is 77.2 Å². The number of hydrogen-bond donors (Lipinski definition) is 1. The molecule has 74 valence electrons. The van der Waals surface area contributed by atoms with Crippen LogP contribution in [0.15, 0.2) is 12.2 Å². The lowest BCUT2D eigenvalue weighted by atomic mass is 10.1. The Morgan fingerprint density at radius 2 is 1.92 bits per heavy atom. The lowest BCUT2D eigenvalue weighted by Gasteiger charge is -2.22. The number of aliphatic carboxylic acids is 1. The van der Waals surface area contributed by atoms with E-state index >= 15 is 0 Å². The fourth-order valence-electron chi connectivity index (χ4n) is 0.518. The number of carboxylic acids is 1. The fourth-order valence-corrected chi connectivity index (χ4v) is 0.518. The van der Waals surface area contributed by atoms with Crippen molar-refractivity contribution in [1.29, 1.82) is 0 Å². The van der Waals surface area contributed by atoms with Gasteiger partial charge in [0.15, 0.2) is 0 Å². The van der Waals surface area contributed by atoms with Crippen molar-refractivity contribution in [3.63, 3.8) is 0 Å². The van der Waals surface area contributed by atoms with Crippen molar-refractivity contribution in [3.8, 4) is 0 Å². The van der Waals surface area contributed by atoms with Crippen molar-refractivity contribution >= 4 is 11.9 Å². The molecule has 0 aliphatic rings. The predicted molar refractivity (Wildman–Crippen MR) is 47.2 cm³/mol. The van der Waals surface area contributed by atoms with Gasteiger partial charge in [-0.1, -0.05) is 6.92 Å². The molecule has 0 saturated heterocycles. The smallest absolute Gasteiger partial charge is 0.331 e. The Bertz CT molecular complexity index is 228. The number of carbonyl (C=O) groups is 2. The maximum atomic E-state index is 10.9. The van der Waals surface area contributed by atoms with Gasteiger partial charge < -0.3 is 9.84 Å². The molecule has 0 saturated carbocycles. The third-order valence-corrected chi connectivity index (χ3v) is 1.59. The molecule has 0 spiro atoms. The highest BCUT2D eigenvalue weighted by molar-refractivity contribution is 5.90. The van der Waals surface area contributed by atoms with E-state index in [-0.39, 0.29) is 0 Å². The summed E-state index contributed by atoms with van der Waals surface area (Å²) in [6, 6.07) is 0. The molecule has 0 aromatic heterocycles. The predicted octanol–water partition coefficient (Wildman–Crippen LogP) is 1.36. The van der Waals surface area contributed by atoms with Crippen LogP contribution in [0.4, 0.5) is 0 Å². The molecule has 0 rings (SSSR count). The van der Waals surface area contributed by atoms with E-state index in [0.717, 1.165) is 12.2 Å². The molecule has 0 aromatic rings. The van der Waals surface area contributed by atoms with Crippen LogP contribution in [0.25, 0.3) is 0 Å². The van der Waals surface area contributed by atoms with Crippen LogP contribution in [0, 0.1) is 0 Å². The Morgan fingerprint density at radius 3 is 2.31 bits per heavy atom. The second-order valence-corrected chi connectivity index (χ2v) is 3.21. The molecule has 0 bridgehead atoms. The molecule has 0 fully saturated rings. The number of ether oxygens (including phenoxy) is 1. The lowest BCUT2D eigenvalue weighted by molar-refractivity contribution is -0.150. The van der Waals surface area contributed by atoms with E-state index in [2.05, 4.69) is 0 Å². The number of rotatable bonds is 4. The quantitative estimate of drug-likeness (QED) is 0.531.